The number of halogens is 1. The summed E-state index contributed by atoms with van der Waals surface area (Å²) in [4.78, 5) is 4.67. The van der Waals surface area contributed by atoms with Gasteiger partial charge in [0.15, 0.2) is 0 Å². The molecule has 0 radical (unpaired) electrons. The van der Waals surface area contributed by atoms with Gasteiger partial charge in [-0.2, -0.15) is 0 Å². The van der Waals surface area contributed by atoms with Crippen molar-refractivity contribution in [2.75, 3.05) is 5.73 Å². The van der Waals surface area contributed by atoms with Crippen molar-refractivity contribution in [3.63, 3.8) is 0 Å². The van der Waals surface area contributed by atoms with Gasteiger partial charge in [-0.3, -0.25) is 4.98 Å². The fourth-order valence-corrected chi connectivity index (χ4v) is 2.69. The Bertz CT molecular complexity index is 605. The van der Waals surface area contributed by atoms with Crippen molar-refractivity contribution in [1.29, 1.82) is 0 Å². The molecular formula is C14H15FN2. The van der Waals surface area contributed by atoms with Crippen LogP contribution >= 0.6 is 0 Å². The molecule has 0 saturated carbocycles. The van der Waals surface area contributed by atoms with Gasteiger partial charge in [0.05, 0.1) is 5.52 Å². The number of nitrogens with zero attached hydrogens (tertiary/aromatic N) is 1. The lowest BCUT2D eigenvalue weighted by Gasteiger charge is -2.19. The highest BCUT2D eigenvalue weighted by Crippen LogP contribution is 2.32. The summed E-state index contributed by atoms with van der Waals surface area (Å²) in [5.41, 5.74) is 10.9. The van der Waals surface area contributed by atoms with E-state index in [0.29, 0.717) is 0 Å². The average Bonchev–Trinajstić information content (AvgIpc) is 2.31. The highest BCUT2D eigenvalue weighted by molar-refractivity contribution is 5.94. The maximum Gasteiger partial charge on any atom is 0.124 e. The summed E-state index contributed by atoms with van der Waals surface area (Å²) < 4.78 is 13.4. The second-order valence-corrected chi connectivity index (χ2v) is 4.78. The number of rotatable bonds is 0. The molecular weight excluding hydrogens is 215 g/mol. The first-order valence-corrected chi connectivity index (χ1v) is 6.04. The van der Waals surface area contributed by atoms with Gasteiger partial charge in [0.25, 0.3) is 0 Å². The van der Waals surface area contributed by atoms with E-state index < -0.39 is 0 Å². The summed E-state index contributed by atoms with van der Waals surface area (Å²) in [6, 6.07) is 3.02. The molecule has 0 fully saturated rings. The Morgan fingerprint density at radius 3 is 2.82 bits per heavy atom. The lowest BCUT2D eigenvalue weighted by molar-refractivity contribution is 0.628. The smallest absolute Gasteiger partial charge is 0.124 e. The molecule has 1 aromatic heterocycles. The lowest BCUT2D eigenvalue weighted by atomic mass is 9.92. The molecule has 0 atom stereocenters. The zero-order valence-electron chi connectivity index (χ0n) is 9.89. The van der Waals surface area contributed by atoms with Crippen LogP contribution in [0.3, 0.4) is 0 Å². The summed E-state index contributed by atoms with van der Waals surface area (Å²) in [6.45, 7) is 1.88. The summed E-state index contributed by atoms with van der Waals surface area (Å²) in [6.07, 6.45) is 4.29. The molecule has 1 aliphatic carbocycles. The number of aryl methyl sites for hydroxylation is 2. The third-order valence-electron chi connectivity index (χ3n) is 3.57. The van der Waals surface area contributed by atoms with E-state index in [0.717, 1.165) is 52.7 Å². The number of pyridine rings is 1. The van der Waals surface area contributed by atoms with Crippen LogP contribution in [0.2, 0.25) is 0 Å². The molecule has 2 N–H and O–H groups in total. The van der Waals surface area contributed by atoms with Gasteiger partial charge in [-0.25, -0.2) is 4.39 Å². The minimum absolute atomic E-state index is 0.237. The molecule has 88 valence electrons. The van der Waals surface area contributed by atoms with Crippen LogP contribution < -0.4 is 5.73 Å². The maximum atomic E-state index is 13.4. The molecule has 2 aromatic rings. The number of hydrogen-bond donors (Lipinski definition) is 1. The Labute approximate surface area is 99.7 Å². The van der Waals surface area contributed by atoms with Gasteiger partial charge < -0.3 is 5.73 Å². The third-order valence-corrected chi connectivity index (χ3v) is 3.57. The first kappa shape index (κ1) is 10.5. The number of anilines is 1. The van der Waals surface area contributed by atoms with Gasteiger partial charge in [-0.1, -0.05) is 0 Å². The SMILES string of the molecule is Cc1cc(F)cc2c(N)c3c(nc12)CCCC3. The van der Waals surface area contributed by atoms with E-state index in [-0.39, 0.29) is 5.82 Å². The number of nitrogen functional groups attached to an aromatic ring is 1. The molecule has 0 aliphatic heterocycles. The molecule has 1 heterocycles. The Morgan fingerprint density at radius 1 is 1.24 bits per heavy atom. The molecule has 0 saturated heterocycles. The molecule has 3 heteroatoms. The molecule has 0 bridgehead atoms. The van der Waals surface area contributed by atoms with Gasteiger partial charge in [-0.05, 0) is 55.9 Å². The number of hydrogen-bond acceptors (Lipinski definition) is 2. The molecule has 0 spiro atoms. The average molecular weight is 230 g/mol. The van der Waals surface area contributed by atoms with Crippen LogP contribution in [0.25, 0.3) is 10.9 Å². The van der Waals surface area contributed by atoms with Crippen molar-refractivity contribution in [3.05, 3.63) is 34.8 Å². The van der Waals surface area contributed by atoms with E-state index in [4.69, 9.17) is 5.73 Å². The van der Waals surface area contributed by atoms with E-state index in [1.165, 1.54) is 18.6 Å². The molecule has 0 amide bonds. The Balaban J connectivity index is 2.40. The van der Waals surface area contributed by atoms with Gasteiger partial charge in [-0.15, -0.1) is 0 Å². The van der Waals surface area contributed by atoms with Crippen LogP contribution in [0.5, 0.6) is 0 Å². The van der Waals surface area contributed by atoms with Crippen LogP contribution in [-0.2, 0) is 12.8 Å². The molecule has 0 unspecified atom stereocenters. The molecule has 1 aliphatic rings. The van der Waals surface area contributed by atoms with Crippen LogP contribution in [0.1, 0.15) is 29.7 Å². The number of nitrogens with two attached hydrogens (primary N) is 1. The van der Waals surface area contributed by atoms with E-state index in [1.807, 2.05) is 6.92 Å². The first-order chi connectivity index (χ1) is 8.16. The number of benzene rings is 1. The van der Waals surface area contributed by atoms with Crippen LogP contribution in [0.4, 0.5) is 10.1 Å². The van der Waals surface area contributed by atoms with E-state index in [9.17, 15) is 4.39 Å². The Morgan fingerprint density at radius 2 is 2.00 bits per heavy atom. The predicted molar refractivity (Wildman–Crippen MR) is 67.5 cm³/mol. The highest BCUT2D eigenvalue weighted by atomic mass is 19.1. The summed E-state index contributed by atoms with van der Waals surface area (Å²) in [7, 11) is 0. The van der Waals surface area contributed by atoms with E-state index >= 15 is 0 Å². The standard InChI is InChI=1S/C14H15FN2/c1-8-6-9(15)7-11-13(16)10-4-2-3-5-12(10)17-14(8)11/h6-7H,2-5H2,1H3,(H2,16,17). The van der Waals surface area contributed by atoms with E-state index in [1.54, 1.807) is 0 Å². The fraction of sp³-hybridized carbons (Fsp3) is 0.357. The number of aromatic nitrogens is 1. The monoisotopic (exact) mass is 230 g/mol. The van der Waals surface area contributed by atoms with Gasteiger partial charge in [0.2, 0.25) is 0 Å². The van der Waals surface area contributed by atoms with E-state index in [2.05, 4.69) is 4.98 Å². The lowest BCUT2D eigenvalue weighted by Crippen LogP contribution is -2.10. The normalized spacial score (nSPS) is 14.9. The third kappa shape index (κ3) is 1.57. The largest absolute Gasteiger partial charge is 0.398 e. The van der Waals surface area contributed by atoms with Crippen molar-refractivity contribution in [1.82, 2.24) is 4.98 Å². The first-order valence-electron chi connectivity index (χ1n) is 6.04. The Kier molecular flexibility index (Phi) is 2.28. The van der Waals surface area contributed by atoms with Gasteiger partial charge >= 0.3 is 0 Å². The van der Waals surface area contributed by atoms with Gasteiger partial charge in [0, 0.05) is 16.8 Å². The topological polar surface area (TPSA) is 38.9 Å². The van der Waals surface area contributed by atoms with Crippen LogP contribution in [0.15, 0.2) is 12.1 Å². The van der Waals surface area contributed by atoms with Crippen molar-refractivity contribution in [2.24, 2.45) is 0 Å². The second-order valence-electron chi connectivity index (χ2n) is 4.78. The summed E-state index contributed by atoms with van der Waals surface area (Å²) in [5.74, 6) is -0.237. The molecule has 1 aromatic carbocycles. The van der Waals surface area contributed by atoms with Crippen molar-refractivity contribution >= 4 is 16.6 Å². The zero-order valence-corrected chi connectivity index (χ0v) is 9.89. The van der Waals surface area contributed by atoms with Crippen molar-refractivity contribution in [3.8, 4) is 0 Å². The van der Waals surface area contributed by atoms with Crippen molar-refractivity contribution < 1.29 is 4.39 Å². The quantitative estimate of drug-likeness (QED) is 0.755. The summed E-state index contributed by atoms with van der Waals surface area (Å²) >= 11 is 0. The number of fused-ring (bicyclic) bond motifs is 2. The minimum atomic E-state index is -0.237. The van der Waals surface area contributed by atoms with Gasteiger partial charge in [0.1, 0.15) is 5.82 Å². The van der Waals surface area contributed by atoms with Crippen molar-refractivity contribution in [2.45, 2.75) is 32.6 Å². The molecule has 17 heavy (non-hydrogen) atoms. The molecule has 2 nitrogen and oxygen atoms in total. The van der Waals surface area contributed by atoms with Crippen LogP contribution in [-0.4, -0.2) is 4.98 Å². The zero-order chi connectivity index (χ0) is 12.0. The second kappa shape index (κ2) is 3.69. The minimum Gasteiger partial charge on any atom is -0.398 e. The summed E-state index contributed by atoms with van der Waals surface area (Å²) in [5, 5.41) is 0.767. The molecule has 3 rings (SSSR count). The Hall–Kier alpha value is -1.64. The van der Waals surface area contributed by atoms with Crippen LogP contribution in [0, 0.1) is 12.7 Å². The maximum absolute atomic E-state index is 13.4. The predicted octanol–water partition coefficient (Wildman–Crippen LogP) is 3.14. The highest BCUT2D eigenvalue weighted by Gasteiger charge is 2.17. The fourth-order valence-electron chi connectivity index (χ4n) is 2.69.